The zero-order valence-corrected chi connectivity index (χ0v) is 9.32. The molecule has 3 saturated carbocycles. The van der Waals surface area contributed by atoms with E-state index in [4.69, 9.17) is 0 Å². The van der Waals surface area contributed by atoms with Crippen LogP contribution in [0, 0.1) is 41.4 Å². The minimum atomic E-state index is 0.444. The van der Waals surface area contributed by atoms with Crippen LogP contribution in [-0.4, -0.2) is 11.7 Å². The van der Waals surface area contributed by atoms with E-state index in [0.29, 0.717) is 12.5 Å². The predicted octanol–water partition coefficient (Wildman–Crippen LogP) is 2.54. The molecule has 3 fully saturated rings. The van der Waals surface area contributed by atoms with Crippen molar-refractivity contribution in [3.63, 3.8) is 0 Å². The molecule has 1 nitrogen and oxygen atoms in total. The van der Waals surface area contributed by atoms with Crippen molar-refractivity contribution in [2.24, 2.45) is 41.4 Å². The Morgan fingerprint density at radius 2 is 1.79 bits per heavy atom. The molecule has 7 unspecified atom stereocenters. The first-order valence-corrected chi connectivity index (χ1v) is 6.33. The Labute approximate surface area is 86.9 Å². The van der Waals surface area contributed by atoms with Gasteiger partial charge in [0, 0.05) is 6.61 Å². The van der Waals surface area contributed by atoms with E-state index >= 15 is 0 Å². The van der Waals surface area contributed by atoms with Crippen LogP contribution in [0.5, 0.6) is 0 Å². The molecular weight excluding hydrogens is 172 g/mol. The van der Waals surface area contributed by atoms with Crippen molar-refractivity contribution < 1.29 is 5.11 Å². The summed E-state index contributed by atoms with van der Waals surface area (Å²) >= 11 is 0. The number of hydrogen-bond donors (Lipinski definition) is 1. The van der Waals surface area contributed by atoms with Gasteiger partial charge in [0.15, 0.2) is 0 Å². The van der Waals surface area contributed by atoms with E-state index in [1.807, 2.05) is 0 Å². The lowest BCUT2D eigenvalue weighted by molar-refractivity contribution is 0.113. The van der Waals surface area contributed by atoms with E-state index < -0.39 is 0 Å². The summed E-state index contributed by atoms with van der Waals surface area (Å²) in [5, 5.41) is 9.48. The standard InChI is InChI=1S/C13H22O/c1-7-3-9-5-10(7)11-4-8(2)12(6-14)13(9)11/h7-14H,3-6H2,1-2H3. The molecule has 0 aromatic heterocycles. The second-order valence-electron chi connectivity index (χ2n) is 6.17. The highest BCUT2D eigenvalue weighted by atomic mass is 16.3. The summed E-state index contributed by atoms with van der Waals surface area (Å²) in [7, 11) is 0. The maximum Gasteiger partial charge on any atom is 0.0464 e. The zero-order valence-electron chi connectivity index (χ0n) is 9.32. The third kappa shape index (κ3) is 0.997. The van der Waals surface area contributed by atoms with Crippen molar-refractivity contribution in [2.45, 2.75) is 33.1 Å². The van der Waals surface area contributed by atoms with Gasteiger partial charge in [-0.25, -0.2) is 0 Å². The number of aliphatic hydroxyl groups is 1. The van der Waals surface area contributed by atoms with Gasteiger partial charge in [0.25, 0.3) is 0 Å². The van der Waals surface area contributed by atoms with Crippen molar-refractivity contribution in [3.8, 4) is 0 Å². The van der Waals surface area contributed by atoms with Crippen LogP contribution in [-0.2, 0) is 0 Å². The highest BCUT2D eigenvalue weighted by Crippen LogP contribution is 2.63. The molecule has 0 spiro atoms. The summed E-state index contributed by atoms with van der Waals surface area (Å²) in [6.07, 6.45) is 4.34. The van der Waals surface area contributed by atoms with Crippen LogP contribution in [0.3, 0.4) is 0 Å². The Hall–Kier alpha value is -0.0400. The summed E-state index contributed by atoms with van der Waals surface area (Å²) in [4.78, 5) is 0. The Balaban J connectivity index is 1.86. The zero-order chi connectivity index (χ0) is 9.87. The van der Waals surface area contributed by atoms with Gasteiger partial charge in [0.2, 0.25) is 0 Å². The van der Waals surface area contributed by atoms with Gasteiger partial charge in [-0.15, -0.1) is 0 Å². The van der Waals surface area contributed by atoms with E-state index in [-0.39, 0.29) is 0 Å². The van der Waals surface area contributed by atoms with Crippen molar-refractivity contribution in [1.29, 1.82) is 0 Å². The van der Waals surface area contributed by atoms with E-state index in [9.17, 15) is 5.11 Å². The van der Waals surface area contributed by atoms with Crippen molar-refractivity contribution in [2.75, 3.05) is 6.61 Å². The highest BCUT2D eigenvalue weighted by molar-refractivity contribution is 5.06. The number of rotatable bonds is 1. The second kappa shape index (κ2) is 2.98. The summed E-state index contributed by atoms with van der Waals surface area (Å²) in [5.74, 6) is 6.28. The predicted molar refractivity (Wildman–Crippen MR) is 56.7 cm³/mol. The third-order valence-corrected chi connectivity index (χ3v) is 5.65. The van der Waals surface area contributed by atoms with Crippen LogP contribution in [0.1, 0.15) is 33.1 Å². The number of aliphatic hydroxyl groups excluding tert-OH is 1. The van der Waals surface area contributed by atoms with Crippen LogP contribution in [0.2, 0.25) is 0 Å². The third-order valence-electron chi connectivity index (χ3n) is 5.65. The molecule has 0 aromatic rings. The Morgan fingerprint density at radius 3 is 2.50 bits per heavy atom. The molecule has 0 aliphatic heterocycles. The lowest BCUT2D eigenvalue weighted by Crippen LogP contribution is -2.28. The Bertz CT molecular complexity index is 237. The minimum Gasteiger partial charge on any atom is -0.396 e. The van der Waals surface area contributed by atoms with Crippen molar-refractivity contribution in [1.82, 2.24) is 0 Å². The fourth-order valence-corrected chi connectivity index (χ4v) is 5.16. The summed E-state index contributed by atoms with van der Waals surface area (Å²) in [6.45, 7) is 5.24. The van der Waals surface area contributed by atoms with Gasteiger partial charge in [-0.3, -0.25) is 0 Å². The molecule has 0 aromatic carbocycles. The van der Waals surface area contributed by atoms with Gasteiger partial charge < -0.3 is 5.11 Å². The lowest BCUT2D eigenvalue weighted by atomic mass is 9.74. The smallest absolute Gasteiger partial charge is 0.0464 e. The van der Waals surface area contributed by atoms with Crippen LogP contribution >= 0.6 is 0 Å². The lowest BCUT2D eigenvalue weighted by Gasteiger charge is -2.32. The first-order valence-electron chi connectivity index (χ1n) is 6.33. The fourth-order valence-electron chi connectivity index (χ4n) is 5.16. The van der Waals surface area contributed by atoms with Gasteiger partial charge in [-0.1, -0.05) is 13.8 Å². The Kier molecular flexibility index (Phi) is 1.96. The topological polar surface area (TPSA) is 20.2 Å². The maximum absolute atomic E-state index is 9.48. The number of fused-ring (bicyclic) bond motifs is 5. The van der Waals surface area contributed by atoms with E-state index in [2.05, 4.69) is 13.8 Å². The van der Waals surface area contributed by atoms with Crippen molar-refractivity contribution in [3.05, 3.63) is 0 Å². The monoisotopic (exact) mass is 194 g/mol. The van der Waals surface area contributed by atoms with E-state index in [0.717, 1.165) is 35.5 Å². The van der Waals surface area contributed by atoms with Gasteiger partial charge in [0.05, 0.1) is 0 Å². The van der Waals surface area contributed by atoms with Crippen molar-refractivity contribution >= 4 is 0 Å². The largest absolute Gasteiger partial charge is 0.396 e. The average Bonchev–Trinajstić information content (AvgIpc) is 2.73. The van der Waals surface area contributed by atoms with Gasteiger partial charge in [-0.2, -0.15) is 0 Å². The molecule has 3 aliphatic carbocycles. The van der Waals surface area contributed by atoms with Gasteiger partial charge in [0.1, 0.15) is 0 Å². The molecular formula is C13H22O. The van der Waals surface area contributed by atoms with Crippen LogP contribution < -0.4 is 0 Å². The summed E-state index contributed by atoms with van der Waals surface area (Å²) < 4.78 is 0. The molecule has 14 heavy (non-hydrogen) atoms. The van der Waals surface area contributed by atoms with E-state index in [1.165, 1.54) is 19.3 Å². The van der Waals surface area contributed by atoms with Crippen LogP contribution in [0.25, 0.3) is 0 Å². The normalized spacial score (nSPS) is 60.6. The van der Waals surface area contributed by atoms with Crippen LogP contribution in [0.4, 0.5) is 0 Å². The molecule has 3 aliphatic rings. The molecule has 0 heterocycles. The molecule has 3 rings (SSSR count). The molecule has 1 N–H and O–H groups in total. The highest BCUT2D eigenvalue weighted by Gasteiger charge is 2.57. The van der Waals surface area contributed by atoms with Crippen LogP contribution in [0.15, 0.2) is 0 Å². The molecule has 0 saturated heterocycles. The SMILES string of the molecule is CC1CC2CC1C1CC(C)C(CO)C21. The quantitative estimate of drug-likeness (QED) is 0.680. The Morgan fingerprint density at radius 1 is 1.00 bits per heavy atom. The second-order valence-corrected chi connectivity index (χ2v) is 6.17. The first kappa shape index (κ1) is 9.21. The molecule has 7 atom stereocenters. The minimum absolute atomic E-state index is 0.444. The summed E-state index contributed by atoms with van der Waals surface area (Å²) in [5.41, 5.74) is 0. The molecule has 80 valence electrons. The molecule has 0 radical (unpaired) electrons. The molecule has 0 amide bonds. The average molecular weight is 194 g/mol. The molecule has 1 heteroatoms. The van der Waals surface area contributed by atoms with E-state index in [1.54, 1.807) is 0 Å². The number of hydrogen-bond acceptors (Lipinski definition) is 1. The van der Waals surface area contributed by atoms with Gasteiger partial charge in [-0.05, 0) is 60.7 Å². The summed E-state index contributed by atoms with van der Waals surface area (Å²) in [6, 6.07) is 0. The van der Waals surface area contributed by atoms with Gasteiger partial charge >= 0.3 is 0 Å². The first-order chi connectivity index (χ1) is 6.72. The molecule has 2 bridgehead atoms. The maximum atomic E-state index is 9.48. The fraction of sp³-hybridized carbons (Fsp3) is 1.00.